The van der Waals surface area contributed by atoms with Gasteiger partial charge < -0.3 is 20.9 Å². The number of aliphatic hydroxyl groups is 1. The highest BCUT2D eigenvalue weighted by atomic mass is 35.5. The summed E-state index contributed by atoms with van der Waals surface area (Å²) in [5.41, 5.74) is 0.798. The van der Waals surface area contributed by atoms with Crippen LogP contribution in [0.1, 0.15) is 28.5 Å². The van der Waals surface area contributed by atoms with Gasteiger partial charge in [-0.1, -0.05) is 11.6 Å². The van der Waals surface area contributed by atoms with Crippen LogP contribution in [-0.4, -0.2) is 51.4 Å². The standard InChI is InChI=1S/C26H22ClF4N5O4/c1-2-40-23-14(8-21(32)37)7-20(35-22(23)13-3-5-16(28)6-4-13)25(39,26(29,30)31)12-33-24(38)17-9-15(27)10-19-18(17)11-34-36-19/h3-7,9-11,39H,2,8,12H2,1H3,(H2,32,37)(H,33,38)(H,34,36)/t25-/m0/s1. The Kier molecular flexibility index (Phi) is 7.98. The largest absolute Gasteiger partial charge is 0.491 e. The summed E-state index contributed by atoms with van der Waals surface area (Å²) in [6, 6.07) is 8.19. The van der Waals surface area contributed by atoms with Crippen LogP contribution in [0, 0.1) is 5.82 Å². The summed E-state index contributed by atoms with van der Waals surface area (Å²) in [4.78, 5) is 28.8. The summed E-state index contributed by atoms with van der Waals surface area (Å²) in [6.45, 7) is 0.286. The fourth-order valence-corrected chi connectivity index (χ4v) is 4.29. The van der Waals surface area contributed by atoms with E-state index in [1.54, 1.807) is 6.92 Å². The predicted molar refractivity (Wildman–Crippen MR) is 137 cm³/mol. The smallest absolute Gasteiger partial charge is 0.424 e. The third-order valence-corrected chi connectivity index (χ3v) is 6.20. The van der Waals surface area contributed by atoms with E-state index in [1.807, 2.05) is 0 Å². The first kappa shape index (κ1) is 28.8. The Morgan fingerprint density at radius 1 is 1.18 bits per heavy atom. The van der Waals surface area contributed by atoms with Crippen molar-refractivity contribution in [1.29, 1.82) is 0 Å². The van der Waals surface area contributed by atoms with Crippen LogP contribution in [-0.2, 0) is 16.8 Å². The highest BCUT2D eigenvalue weighted by Crippen LogP contribution is 2.42. The Morgan fingerprint density at radius 3 is 2.50 bits per heavy atom. The summed E-state index contributed by atoms with van der Waals surface area (Å²) >= 11 is 6.03. The number of pyridine rings is 1. The van der Waals surface area contributed by atoms with Gasteiger partial charge in [0.05, 0.1) is 42.5 Å². The zero-order valence-corrected chi connectivity index (χ0v) is 21.5. The molecule has 0 aliphatic rings. The molecule has 0 aliphatic heterocycles. The van der Waals surface area contributed by atoms with E-state index in [-0.39, 0.29) is 39.8 Å². The van der Waals surface area contributed by atoms with E-state index >= 15 is 0 Å². The van der Waals surface area contributed by atoms with E-state index < -0.39 is 48.1 Å². The number of carbonyl (C=O) groups is 2. The number of nitrogens with zero attached hydrogens (tertiary/aromatic N) is 2. The number of hydrogen-bond donors (Lipinski definition) is 4. The highest BCUT2D eigenvalue weighted by Gasteiger charge is 2.56. The third kappa shape index (κ3) is 5.70. The Morgan fingerprint density at radius 2 is 1.88 bits per heavy atom. The van der Waals surface area contributed by atoms with Crippen molar-refractivity contribution >= 4 is 34.3 Å². The van der Waals surface area contributed by atoms with Crippen LogP contribution < -0.4 is 15.8 Å². The number of primary amides is 1. The van der Waals surface area contributed by atoms with Crippen LogP contribution in [0.3, 0.4) is 0 Å². The maximum absolute atomic E-state index is 14.5. The lowest BCUT2D eigenvalue weighted by Gasteiger charge is -2.31. The van der Waals surface area contributed by atoms with Gasteiger partial charge in [0.15, 0.2) is 0 Å². The van der Waals surface area contributed by atoms with Gasteiger partial charge in [0.2, 0.25) is 11.5 Å². The molecule has 40 heavy (non-hydrogen) atoms. The number of fused-ring (bicyclic) bond motifs is 1. The quantitative estimate of drug-likeness (QED) is 0.221. The van der Waals surface area contributed by atoms with E-state index in [0.29, 0.717) is 10.9 Å². The van der Waals surface area contributed by atoms with Crippen molar-refractivity contribution in [1.82, 2.24) is 20.5 Å². The van der Waals surface area contributed by atoms with E-state index in [4.69, 9.17) is 22.1 Å². The number of rotatable bonds is 9. The molecule has 0 fully saturated rings. The Bertz CT molecular complexity index is 1580. The zero-order chi connectivity index (χ0) is 29.2. The van der Waals surface area contributed by atoms with E-state index in [1.165, 1.54) is 30.5 Å². The number of halogens is 5. The van der Waals surface area contributed by atoms with Crippen molar-refractivity contribution in [2.45, 2.75) is 25.1 Å². The van der Waals surface area contributed by atoms with Crippen LogP contribution in [0.2, 0.25) is 5.02 Å². The van der Waals surface area contributed by atoms with Crippen molar-refractivity contribution in [3.63, 3.8) is 0 Å². The molecule has 0 radical (unpaired) electrons. The second-order valence-corrected chi connectivity index (χ2v) is 9.19. The van der Waals surface area contributed by atoms with E-state index in [2.05, 4.69) is 20.5 Å². The number of benzene rings is 2. The Labute approximate surface area is 229 Å². The van der Waals surface area contributed by atoms with Crippen molar-refractivity contribution < 1.29 is 37.0 Å². The number of nitrogens with one attached hydrogen (secondary N) is 2. The monoisotopic (exact) mass is 579 g/mol. The molecule has 4 aromatic rings. The fraction of sp³-hybridized carbons (Fsp3) is 0.231. The molecule has 1 atom stereocenters. The molecule has 0 spiro atoms. The molecule has 4 rings (SSSR count). The number of aromatic amines is 1. The molecule has 0 bridgehead atoms. The number of aromatic nitrogens is 3. The minimum absolute atomic E-state index is 0.0443. The van der Waals surface area contributed by atoms with Gasteiger partial charge in [-0.2, -0.15) is 18.3 Å². The van der Waals surface area contributed by atoms with Gasteiger partial charge in [0.25, 0.3) is 5.91 Å². The molecule has 9 nitrogen and oxygen atoms in total. The SMILES string of the molecule is CCOc1c(CC(N)=O)cc([C@@](O)(CNC(=O)c2cc(Cl)cc3[nH]ncc23)C(F)(F)F)nc1-c1ccc(F)cc1. The number of nitrogens with two attached hydrogens (primary N) is 1. The molecule has 2 aromatic carbocycles. The second kappa shape index (κ2) is 11.1. The maximum atomic E-state index is 14.5. The zero-order valence-electron chi connectivity index (χ0n) is 20.8. The first-order valence-electron chi connectivity index (χ1n) is 11.8. The van der Waals surface area contributed by atoms with Crippen LogP contribution in [0.25, 0.3) is 22.2 Å². The molecule has 0 unspecified atom stereocenters. The number of hydrogen-bond acceptors (Lipinski definition) is 6. The van der Waals surface area contributed by atoms with Crippen molar-refractivity contribution in [3.8, 4) is 17.0 Å². The first-order chi connectivity index (χ1) is 18.8. The van der Waals surface area contributed by atoms with Gasteiger partial charge in [-0.25, -0.2) is 9.37 Å². The number of alkyl halides is 3. The average Bonchev–Trinajstić information content (AvgIpc) is 3.35. The van der Waals surface area contributed by atoms with Crippen molar-refractivity contribution in [3.05, 3.63) is 76.3 Å². The molecular formula is C26H22ClF4N5O4. The van der Waals surface area contributed by atoms with Crippen LogP contribution in [0.5, 0.6) is 5.75 Å². The van der Waals surface area contributed by atoms with Crippen LogP contribution in [0.4, 0.5) is 17.6 Å². The van der Waals surface area contributed by atoms with Crippen LogP contribution in [0.15, 0.2) is 48.7 Å². The first-order valence-corrected chi connectivity index (χ1v) is 12.1. The molecular weight excluding hydrogens is 558 g/mol. The summed E-state index contributed by atoms with van der Waals surface area (Å²) in [5, 5.41) is 20.0. The Balaban J connectivity index is 1.83. The lowest BCUT2D eigenvalue weighted by atomic mass is 9.93. The second-order valence-electron chi connectivity index (χ2n) is 8.75. The molecule has 0 saturated carbocycles. The van der Waals surface area contributed by atoms with Gasteiger partial charge >= 0.3 is 6.18 Å². The predicted octanol–water partition coefficient (Wildman–Crippen LogP) is 4.02. The molecule has 5 N–H and O–H groups in total. The lowest BCUT2D eigenvalue weighted by Crippen LogP contribution is -2.51. The summed E-state index contributed by atoms with van der Waals surface area (Å²) < 4.78 is 62.6. The number of H-pyrrole nitrogens is 1. The van der Waals surface area contributed by atoms with Gasteiger partial charge in [-0.05, 0) is 49.4 Å². The molecule has 2 amide bonds. The van der Waals surface area contributed by atoms with Gasteiger partial charge in [-0.3, -0.25) is 14.7 Å². The summed E-state index contributed by atoms with van der Waals surface area (Å²) in [5.74, 6) is -2.54. The average molecular weight is 580 g/mol. The van der Waals surface area contributed by atoms with Gasteiger partial charge in [0.1, 0.15) is 17.3 Å². The third-order valence-electron chi connectivity index (χ3n) is 5.99. The highest BCUT2D eigenvalue weighted by molar-refractivity contribution is 6.32. The molecule has 14 heteroatoms. The van der Waals surface area contributed by atoms with E-state index in [9.17, 15) is 32.3 Å². The number of ether oxygens (including phenoxy) is 1. The molecule has 0 saturated heterocycles. The molecule has 0 aliphatic carbocycles. The Hall–Kier alpha value is -4.23. The number of amides is 2. The minimum atomic E-state index is -5.36. The van der Waals surface area contributed by atoms with Crippen LogP contribution >= 0.6 is 11.6 Å². The summed E-state index contributed by atoms with van der Waals surface area (Å²) in [6.07, 6.45) is -4.61. The molecule has 210 valence electrons. The van der Waals surface area contributed by atoms with Crippen molar-refractivity contribution in [2.75, 3.05) is 13.2 Å². The van der Waals surface area contributed by atoms with Crippen molar-refractivity contribution in [2.24, 2.45) is 5.73 Å². The topological polar surface area (TPSA) is 143 Å². The van der Waals surface area contributed by atoms with Gasteiger partial charge in [0, 0.05) is 21.5 Å². The number of carbonyl (C=O) groups excluding carboxylic acids is 2. The fourth-order valence-electron chi connectivity index (χ4n) is 4.07. The minimum Gasteiger partial charge on any atom is -0.491 e. The maximum Gasteiger partial charge on any atom is 0.424 e. The molecule has 2 heterocycles. The molecule has 2 aromatic heterocycles. The van der Waals surface area contributed by atoms with Gasteiger partial charge in [-0.15, -0.1) is 0 Å². The van der Waals surface area contributed by atoms with E-state index in [0.717, 1.165) is 18.2 Å². The lowest BCUT2D eigenvalue weighted by molar-refractivity contribution is -0.265. The normalized spacial score (nSPS) is 13.2. The summed E-state index contributed by atoms with van der Waals surface area (Å²) in [7, 11) is 0.